The molecular formula is C15H26ClN3O2S. The van der Waals surface area contributed by atoms with Crippen molar-refractivity contribution in [3.63, 3.8) is 0 Å². The third-order valence-corrected chi connectivity index (χ3v) is 6.19. The molecule has 3 aliphatic rings. The molecular weight excluding hydrogens is 322 g/mol. The van der Waals surface area contributed by atoms with Crippen molar-refractivity contribution in [3.8, 4) is 0 Å². The number of hydrogen-bond acceptors (Lipinski definition) is 4. The molecule has 4 atom stereocenters. The Morgan fingerprint density at radius 2 is 2.05 bits per heavy atom. The minimum absolute atomic E-state index is 0. The summed E-state index contributed by atoms with van der Waals surface area (Å²) in [7, 11) is 0. The molecule has 3 fully saturated rings. The first-order valence-electron chi connectivity index (χ1n) is 8.03. The molecule has 0 spiro atoms. The fourth-order valence-corrected chi connectivity index (χ4v) is 5.12. The van der Waals surface area contributed by atoms with Crippen molar-refractivity contribution in [2.45, 2.75) is 44.7 Å². The van der Waals surface area contributed by atoms with Crippen LogP contribution in [0.15, 0.2) is 0 Å². The molecule has 0 aromatic rings. The van der Waals surface area contributed by atoms with E-state index in [0.29, 0.717) is 24.1 Å². The molecule has 0 bridgehead atoms. The van der Waals surface area contributed by atoms with Crippen molar-refractivity contribution in [2.75, 3.05) is 24.7 Å². The Kier molecular flexibility index (Phi) is 6.02. The third-order valence-electron chi connectivity index (χ3n) is 5.18. The fraction of sp³-hybridized carbons (Fsp3) is 0.867. The largest absolute Gasteiger partial charge is 0.340 e. The van der Waals surface area contributed by atoms with Gasteiger partial charge in [-0.25, -0.2) is 0 Å². The molecule has 0 radical (unpaired) electrons. The van der Waals surface area contributed by atoms with Crippen LogP contribution in [-0.4, -0.2) is 58.4 Å². The molecule has 2 heterocycles. The van der Waals surface area contributed by atoms with Crippen LogP contribution in [0.3, 0.4) is 0 Å². The van der Waals surface area contributed by atoms with E-state index in [0.717, 1.165) is 38.1 Å². The zero-order valence-electron chi connectivity index (χ0n) is 13.1. The van der Waals surface area contributed by atoms with Gasteiger partial charge >= 0.3 is 0 Å². The summed E-state index contributed by atoms with van der Waals surface area (Å²) >= 11 is 1.69. The summed E-state index contributed by atoms with van der Waals surface area (Å²) in [6.45, 7) is 3.64. The number of halogens is 1. The SMILES string of the molecule is CCCC(=O)N1CSCC1C(=O)N1CC2CCC(N)C2C1.Cl. The highest BCUT2D eigenvalue weighted by Crippen LogP contribution is 2.38. The van der Waals surface area contributed by atoms with E-state index in [9.17, 15) is 9.59 Å². The molecule has 3 rings (SSSR count). The summed E-state index contributed by atoms with van der Waals surface area (Å²) in [5.41, 5.74) is 6.14. The summed E-state index contributed by atoms with van der Waals surface area (Å²) < 4.78 is 0. The van der Waals surface area contributed by atoms with Crippen LogP contribution in [0.5, 0.6) is 0 Å². The first-order chi connectivity index (χ1) is 10.1. The highest BCUT2D eigenvalue weighted by atomic mass is 35.5. The van der Waals surface area contributed by atoms with Gasteiger partial charge in [-0.1, -0.05) is 6.92 Å². The van der Waals surface area contributed by atoms with Gasteiger partial charge in [0.1, 0.15) is 6.04 Å². The quantitative estimate of drug-likeness (QED) is 0.835. The molecule has 2 saturated heterocycles. The first-order valence-corrected chi connectivity index (χ1v) is 9.18. The Bertz CT molecular complexity index is 437. The lowest BCUT2D eigenvalue weighted by atomic mass is 9.98. The summed E-state index contributed by atoms with van der Waals surface area (Å²) in [5.74, 6) is 2.73. The van der Waals surface area contributed by atoms with Gasteiger partial charge in [-0.15, -0.1) is 24.2 Å². The molecule has 0 aromatic carbocycles. The van der Waals surface area contributed by atoms with Crippen molar-refractivity contribution in [2.24, 2.45) is 17.6 Å². The number of rotatable bonds is 3. The van der Waals surface area contributed by atoms with Crippen molar-refractivity contribution >= 4 is 36.0 Å². The van der Waals surface area contributed by atoms with Crippen molar-refractivity contribution < 1.29 is 9.59 Å². The molecule has 2 aliphatic heterocycles. The smallest absolute Gasteiger partial charge is 0.246 e. The second kappa shape index (κ2) is 7.41. The minimum atomic E-state index is -0.246. The number of thioether (sulfide) groups is 1. The van der Waals surface area contributed by atoms with Crippen LogP contribution in [0.2, 0.25) is 0 Å². The average Bonchev–Trinajstić information content (AvgIpc) is 3.15. The molecule has 5 nitrogen and oxygen atoms in total. The van der Waals surface area contributed by atoms with E-state index in [-0.39, 0.29) is 36.3 Å². The van der Waals surface area contributed by atoms with Gasteiger partial charge in [0, 0.05) is 31.3 Å². The number of nitrogens with two attached hydrogens (primary N) is 1. The van der Waals surface area contributed by atoms with Gasteiger partial charge in [-0.2, -0.15) is 0 Å². The van der Waals surface area contributed by atoms with Crippen molar-refractivity contribution in [1.29, 1.82) is 0 Å². The third kappa shape index (κ3) is 3.24. The normalized spacial score (nSPS) is 33.7. The maximum absolute atomic E-state index is 12.8. The molecule has 126 valence electrons. The summed E-state index contributed by atoms with van der Waals surface area (Å²) in [6, 6.07) is 0.00711. The molecule has 1 aliphatic carbocycles. The van der Waals surface area contributed by atoms with Crippen LogP contribution in [-0.2, 0) is 9.59 Å². The lowest BCUT2D eigenvalue weighted by molar-refractivity contribution is -0.143. The minimum Gasteiger partial charge on any atom is -0.340 e. The monoisotopic (exact) mass is 347 g/mol. The van der Waals surface area contributed by atoms with Gasteiger partial charge in [0.15, 0.2) is 0 Å². The Labute approximate surface area is 142 Å². The molecule has 0 aromatic heterocycles. The summed E-state index contributed by atoms with van der Waals surface area (Å²) in [6.07, 6.45) is 3.62. The highest BCUT2D eigenvalue weighted by molar-refractivity contribution is 7.99. The second-order valence-electron chi connectivity index (χ2n) is 6.54. The number of carbonyl (C=O) groups is 2. The van der Waals surface area contributed by atoms with Gasteiger partial charge < -0.3 is 15.5 Å². The standard InChI is InChI=1S/C15H25N3O2S.ClH/c1-2-3-14(19)18-9-21-8-13(18)15(20)17-6-10-4-5-12(16)11(10)7-17;/h10-13H,2-9,16H2,1H3;1H. The molecule has 4 unspecified atom stereocenters. The summed E-state index contributed by atoms with van der Waals surface area (Å²) in [5, 5.41) is 0. The molecule has 7 heteroatoms. The fourth-order valence-electron chi connectivity index (χ4n) is 3.95. The van der Waals surface area contributed by atoms with E-state index in [1.54, 1.807) is 16.7 Å². The van der Waals surface area contributed by atoms with E-state index in [4.69, 9.17) is 5.73 Å². The number of fused-ring (bicyclic) bond motifs is 1. The lowest BCUT2D eigenvalue weighted by Gasteiger charge is -2.28. The molecule has 2 amide bonds. The topological polar surface area (TPSA) is 66.6 Å². The Balaban J connectivity index is 0.00000176. The zero-order chi connectivity index (χ0) is 15.0. The van der Waals surface area contributed by atoms with Crippen molar-refractivity contribution in [1.82, 2.24) is 9.80 Å². The van der Waals surface area contributed by atoms with Gasteiger partial charge in [-0.3, -0.25) is 9.59 Å². The van der Waals surface area contributed by atoms with E-state index in [1.165, 1.54) is 0 Å². The van der Waals surface area contributed by atoms with E-state index < -0.39 is 0 Å². The van der Waals surface area contributed by atoms with Crippen LogP contribution in [0, 0.1) is 11.8 Å². The molecule has 22 heavy (non-hydrogen) atoms. The first kappa shape index (κ1) is 17.9. The van der Waals surface area contributed by atoms with E-state index in [2.05, 4.69) is 0 Å². The number of hydrogen-bond donors (Lipinski definition) is 1. The van der Waals surface area contributed by atoms with Crippen LogP contribution in [0.1, 0.15) is 32.6 Å². The number of amides is 2. The van der Waals surface area contributed by atoms with Crippen molar-refractivity contribution in [3.05, 3.63) is 0 Å². The van der Waals surface area contributed by atoms with Gasteiger partial charge in [0.25, 0.3) is 0 Å². The second-order valence-corrected chi connectivity index (χ2v) is 7.54. The Morgan fingerprint density at radius 1 is 1.27 bits per heavy atom. The molecule has 1 saturated carbocycles. The zero-order valence-corrected chi connectivity index (χ0v) is 14.7. The average molecular weight is 348 g/mol. The molecule has 2 N–H and O–H groups in total. The highest BCUT2D eigenvalue weighted by Gasteiger charge is 2.45. The van der Waals surface area contributed by atoms with E-state index in [1.807, 2.05) is 11.8 Å². The van der Waals surface area contributed by atoms with E-state index >= 15 is 0 Å². The van der Waals surface area contributed by atoms with Gasteiger partial charge in [-0.05, 0) is 31.1 Å². The predicted molar refractivity (Wildman–Crippen MR) is 90.9 cm³/mol. The summed E-state index contributed by atoms with van der Waals surface area (Å²) in [4.78, 5) is 28.7. The maximum atomic E-state index is 12.8. The van der Waals surface area contributed by atoms with Gasteiger partial charge in [0.2, 0.25) is 11.8 Å². The Hall–Kier alpha value is -0.460. The predicted octanol–water partition coefficient (Wildman–Crippen LogP) is 1.31. The number of nitrogens with zero attached hydrogens (tertiary/aromatic N) is 2. The lowest BCUT2D eigenvalue weighted by Crippen LogP contribution is -2.48. The number of likely N-dealkylation sites (tertiary alicyclic amines) is 1. The number of carbonyl (C=O) groups excluding carboxylic acids is 2. The van der Waals surface area contributed by atoms with Crippen LogP contribution in [0.25, 0.3) is 0 Å². The van der Waals surface area contributed by atoms with Gasteiger partial charge in [0.05, 0.1) is 5.88 Å². The van der Waals surface area contributed by atoms with Crippen LogP contribution in [0.4, 0.5) is 0 Å². The Morgan fingerprint density at radius 3 is 2.73 bits per heavy atom. The maximum Gasteiger partial charge on any atom is 0.246 e. The van der Waals surface area contributed by atoms with Crippen LogP contribution < -0.4 is 5.73 Å². The van der Waals surface area contributed by atoms with Crippen LogP contribution >= 0.6 is 24.2 Å².